The minimum Gasteiger partial charge on any atom is -0.465 e. The van der Waals surface area contributed by atoms with Gasteiger partial charge in [0.1, 0.15) is 11.5 Å². The van der Waals surface area contributed by atoms with Crippen molar-refractivity contribution in [1.82, 2.24) is 0 Å². The van der Waals surface area contributed by atoms with Gasteiger partial charge in [0.15, 0.2) is 12.6 Å². The highest BCUT2D eigenvalue weighted by molar-refractivity contribution is 5.57. The van der Waals surface area contributed by atoms with E-state index in [1.165, 1.54) is 0 Å². The fourth-order valence-corrected chi connectivity index (χ4v) is 2.76. The smallest absolute Gasteiger partial charge is 0.199 e. The molecule has 1 aromatic rings. The fourth-order valence-electron chi connectivity index (χ4n) is 2.76. The fraction of sp³-hybridized carbons (Fsp3) is 0.556. The normalized spacial score (nSPS) is 25.5. The second-order valence-electron chi connectivity index (χ2n) is 5.73. The van der Waals surface area contributed by atoms with Crippen molar-refractivity contribution in [3.05, 3.63) is 30.3 Å². The van der Waals surface area contributed by atoms with Crippen molar-refractivity contribution >= 4 is 6.08 Å². The van der Waals surface area contributed by atoms with E-state index in [1.54, 1.807) is 6.08 Å². The molecule has 2 fully saturated rings. The molecular formula is C18H24O4. The van der Waals surface area contributed by atoms with Gasteiger partial charge in [-0.25, -0.2) is 0 Å². The lowest BCUT2D eigenvalue weighted by Crippen LogP contribution is -2.26. The maximum absolute atomic E-state index is 5.99. The molecule has 4 heteroatoms. The summed E-state index contributed by atoms with van der Waals surface area (Å²) in [6, 6.07) is 5.81. The van der Waals surface area contributed by atoms with Crippen molar-refractivity contribution in [2.45, 2.75) is 51.1 Å². The molecule has 0 saturated carbocycles. The van der Waals surface area contributed by atoms with Crippen LogP contribution in [0.25, 0.3) is 6.08 Å². The molecular weight excluding hydrogens is 280 g/mol. The number of rotatable bonds is 5. The van der Waals surface area contributed by atoms with Crippen molar-refractivity contribution < 1.29 is 18.9 Å². The predicted octanol–water partition coefficient (Wildman–Crippen LogP) is 4.14. The molecule has 120 valence electrons. The van der Waals surface area contributed by atoms with E-state index in [4.69, 9.17) is 18.9 Å². The van der Waals surface area contributed by atoms with E-state index in [9.17, 15) is 0 Å². The highest BCUT2D eigenvalue weighted by Crippen LogP contribution is 2.30. The average Bonchev–Trinajstić information content (AvgIpc) is 2.57. The molecule has 0 aliphatic carbocycles. The van der Waals surface area contributed by atoms with Gasteiger partial charge in [0.25, 0.3) is 0 Å². The van der Waals surface area contributed by atoms with Crippen LogP contribution in [-0.4, -0.2) is 25.8 Å². The Morgan fingerprint density at radius 3 is 2.23 bits per heavy atom. The van der Waals surface area contributed by atoms with Crippen molar-refractivity contribution in [1.29, 1.82) is 0 Å². The molecule has 22 heavy (non-hydrogen) atoms. The number of benzene rings is 1. The summed E-state index contributed by atoms with van der Waals surface area (Å²) in [7, 11) is 0. The Morgan fingerprint density at radius 2 is 1.64 bits per heavy atom. The highest BCUT2D eigenvalue weighted by Gasteiger charge is 2.19. The van der Waals surface area contributed by atoms with E-state index < -0.39 is 0 Å². The number of ether oxygens (including phenoxy) is 4. The Balaban J connectivity index is 1.69. The van der Waals surface area contributed by atoms with E-state index in [0.29, 0.717) is 0 Å². The maximum Gasteiger partial charge on any atom is 0.199 e. The summed E-state index contributed by atoms with van der Waals surface area (Å²) in [5.41, 5.74) is 0.950. The SMILES string of the molecule is C=Cc1ccc(OC2CCCCO2)cc1OC1CCCCO1. The van der Waals surface area contributed by atoms with Gasteiger partial charge in [-0.1, -0.05) is 12.7 Å². The van der Waals surface area contributed by atoms with Crippen LogP contribution in [0.4, 0.5) is 0 Å². The van der Waals surface area contributed by atoms with Crippen LogP contribution in [0.3, 0.4) is 0 Å². The Hall–Kier alpha value is -1.52. The van der Waals surface area contributed by atoms with Gasteiger partial charge in [0.05, 0.1) is 13.2 Å². The third kappa shape index (κ3) is 4.02. The zero-order valence-corrected chi connectivity index (χ0v) is 13.0. The first-order chi connectivity index (χ1) is 10.8. The van der Waals surface area contributed by atoms with Crippen molar-refractivity contribution in [3.8, 4) is 11.5 Å². The van der Waals surface area contributed by atoms with Crippen LogP contribution in [-0.2, 0) is 9.47 Å². The van der Waals surface area contributed by atoms with E-state index in [2.05, 4.69) is 6.58 Å². The summed E-state index contributed by atoms with van der Waals surface area (Å²) in [6.07, 6.45) is 7.83. The van der Waals surface area contributed by atoms with E-state index in [0.717, 1.165) is 68.8 Å². The minimum atomic E-state index is -0.173. The third-order valence-electron chi connectivity index (χ3n) is 4.01. The first-order valence-corrected chi connectivity index (χ1v) is 8.18. The van der Waals surface area contributed by atoms with E-state index >= 15 is 0 Å². The van der Waals surface area contributed by atoms with Gasteiger partial charge < -0.3 is 18.9 Å². The molecule has 0 aromatic heterocycles. The first kappa shape index (κ1) is 15.4. The van der Waals surface area contributed by atoms with Crippen LogP contribution in [0.2, 0.25) is 0 Å². The first-order valence-electron chi connectivity index (χ1n) is 8.18. The van der Waals surface area contributed by atoms with E-state index in [-0.39, 0.29) is 12.6 Å². The lowest BCUT2D eigenvalue weighted by molar-refractivity contribution is -0.109. The summed E-state index contributed by atoms with van der Waals surface area (Å²) in [4.78, 5) is 0. The average molecular weight is 304 g/mol. The topological polar surface area (TPSA) is 36.9 Å². The number of hydrogen-bond donors (Lipinski definition) is 0. The van der Waals surface area contributed by atoms with Gasteiger partial charge in [0, 0.05) is 24.5 Å². The second-order valence-corrected chi connectivity index (χ2v) is 5.73. The van der Waals surface area contributed by atoms with Crippen LogP contribution >= 0.6 is 0 Å². The van der Waals surface area contributed by atoms with Crippen LogP contribution in [0.5, 0.6) is 11.5 Å². The summed E-state index contributed by atoms with van der Waals surface area (Å²) in [5.74, 6) is 1.53. The van der Waals surface area contributed by atoms with Gasteiger partial charge >= 0.3 is 0 Å². The lowest BCUT2D eigenvalue weighted by Gasteiger charge is -2.26. The van der Waals surface area contributed by atoms with Crippen LogP contribution in [0, 0.1) is 0 Å². The molecule has 0 amide bonds. The molecule has 0 bridgehead atoms. The second kappa shape index (κ2) is 7.65. The molecule has 4 nitrogen and oxygen atoms in total. The lowest BCUT2D eigenvalue weighted by atomic mass is 10.1. The van der Waals surface area contributed by atoms with Crippen molar-refractivity contribution in [2.24, 2.45) is 0 Å². The Morgan fingerprint density at radius 1 is 0.955 bits per heavy atom. The molecule has 2 atom stereocenters. The zero-order chi connectivity index (χ0) is 15.2. The summed E-state index contributed by atoms with van der Waals surface area (Å²) >= 11 is 0. The van der Waals surface area contributed by atoms with Crippen molar-refractivity contribution in [3.63, 3.8) is 0 Å². The molecule has 2 saturated heterocycles. The third-order valence-corrected chi connectivity index (χ3v) is 4.01. The summed E-state index contributed by atoms with van der Waals surface area (Å²) in [6.45, 7) is 5.38. The number of hydrogen-bond acceptors (Lipinski definition) is 4. The quantitative estimate of drug-likeness (QED) is 0.819. The monoisotopic (exact) mass is 304 g/mol. The zero-order valence-electron chi connectivity index (χ0n) is 13.0. The minimum absolute atomic E-state index is 0.151. The molecule has 1 aromatic carbocycles. The standard InChI is InChI=1S/C18H24O4/c1-2-14-9-10-15(21-17-7-3-5-11-19-17)13-16(14)22-18-8-4-6-12-20-18/h2,9-10,13,17-18H,1,3-8,11-12H2. The van der Waals surface area contributed by atoms with Crippen molar-refractivity contribution in [2.75, 3.05) is 13.2 Å². The maximum atomic E-state index is 5.99. The van der Waals surface area contributed by atoms with Crippen LogP contribution in [0.15, 0.2) is 24.8 Å². The molecule has 0 spiro atoms. The largest absolute Gasteiger partial charge is 0.465 e. The highest BCUT2D eigenvalue weighted by atomic mass is 16.7. The predicted molar refractivity (Wildman–Crippen MR) is 85.0 cm³/mol. The summed E-state index contributed by atoms with van der Waals surface area (Å²) in [5, 5.41) is 0. The molecule has 2 heterocycles. The molecule has 2 aliphatic heterocycles. The van der Waals surface area contributed by atoms with E-state index in [1.807, 2.05) is 18.2 Å². The van der Waals surface area contributed by atoms with Gasteiger partial charge in [0.2, 0.25) is 0 Å². The molecule has 2 aliphatic rings. The Kier molecular flexibility index (Phi) is 5.35. The summed E-state index contributed by atoms with van der Waals surface area (Å²) < 4.78 is 23.2. The molecule has 0 N–H and O–H groups in total. The van der Waals surface area contributed by atoms with Crippen LogP contribution in [0.1, 0.15) is 44.1 Å². The van der Waals surface area contributed by atoms with Crippen LogP contribution < -0.4 is 9.47 Å². The Bertz CT molecular complexity index is 488. The Labute approximate surface area is 132 Å². The van der Waals surface area contributed by atoms with Gasteiger partial charge in [-0.2, -0.15) is 0 Å². The van der Waals surface area contributed by atoms with Gasteiger partial charge in [-0.05, 0) is 37.8 Å². The molecule has 3 rings (SSSR count). The van der Waals surface area contributed by atoms with Gasteiger partial charge in [-0.3, -0.25) is 0 Å². The molecule has 0 radical (unpaired) electrons. The molecule has 2 unspecified atom stereocenters. The van der Waals surface area contributed by atoms with Gasteiger partial charge in [-0.15, -0.1) is 0 Å².